The molecule has 1 aromatic heterocycles. The Balaban J connectivity index is 1.46. The molecule has 0 aliphatic carbocycles. The second-order valence-electron chi connectivity index (χ2n) is 10.5. The maximum atomic E-state index is 12.0. The monoisotopic (exact) mass is 611 g/mol. The first-order chi connectivity index (χ1) is 20.5. The van der Waals surface area contributed by atoms with Gasteiger partial charge in [0.25, 0.3) is 6.79 Å². The lowest BCUT2D eigenvalue weighted by atomic mass is 9.97. The van der Waals surface area contributed by atoms with Crippen molar-refractivity contribution in [3.63, 3.8) is 0 Å². The second-order valence-corrected chi connectivity index (χ2v) is 10.9. The molecular formula is C30H34ClN5O7. The van der Waals surface area contributed by atoms with E-state index in [2.05, 4.69) is 15.6 Å². The van der Waals surface area contributed by atoms with Gasteiger partial charge in [-0.3, -0.25) is 10.1 Å². The van der Waals surface area contributed by atoms with Crippen molar-refractivity contribution in [2.75, 3.05) is 6.79 Å². The molecule has 0 aliphatic rings. The van der Waals surface area contributed by atoms with Crippen molar-refractivity contribution in [1.82, 2.24) is 20.5 Å². The number of benzene rings is 3. The van der Waals surface area contributed by atoms with Crippen LogP contribution in [0.15, 0.2) is 66.7 Å². The van der Waals surface area contributed by atoms with Gasteiger partial charge in [-0.15, -0.1) is 5.10 Å². The number of hydrogen-bond donors (Lipinski definition) is 5. The van der Waals surface area contributed by atoms with Crippen molar-refractivity contribution in [1.29, 1.82) is 0 Å². The van der Waals surface area contributed by atoms with Gasteiger partial charge in [-0.2, -0.15) is 0 Å². The lowest BCUT2D eigenvalue weighted by molar-refractivity contribution is -0.160. The van der Waals surface area contributed by atoms with Gasteiger partial charge < -0.3 is 30.6 Å². The fourth-order valence-electron chi connectivity index (χ4n) is 4.37. The first kappa shape index (κ1) is 31.9. The number of esters is 1. The Morgan fingerprint density at radius 2 is 1.79 bits per heavy atom. The molecule has 0 fully saturated rings. The average molecular weight is 612 g/mol. The summed E-state index contributed by atoms with van der Waals surface area (Å²) >= 11 is 6.11. The quantitative estimate of drug-likeness (QED) is 0.104. The van der Waals surface area contributed by atoms with Gasteiger partial charge in [-0.25, -0.2) is 4.79 Å². The number of carbonyl (C=O) groups is 2. The summed E-state index contributed by atoms with van der Waals surface area (Å²) in [4.78, 5) is 29.9. The molecule has 6 N–H and O–H groups in total. The van der Waals surface area contributed by atoms with E-state index in [0.717, 1.165) is 21.5 Å². The van der Waals surface area contributed by atoms with Crippen LogP contribution in [0.1, 0.15) is 37.6 Å². The van der Waals surface area contributed by atoms with Crippen molar-refractivity contribution >= 4 is 34.6 Å². The van der Waals surface area contributed by atoms with Gasteiger partial charge in [0.1, 0.15) is 23.3 Å². The number of rotatable bonds is 14. The summed E-state index contributed by atoms with van der Waals surface area (Å²) in [5, 5.41) is 42.0. The summed E-state index contributed by atoms with van der Waals surface area (Å²) in [7, 11) is 0. The number of carboxylic acids is 1. The van der Waals surface area contributed by atoms with Gasteiger partial charge in [0.15, 0.2) is 6.10 Å². The van der Waals surface area contributed by atoms with Crippen molar-refractivity contribution in [2.45, 2.75) is 51.1 Å². The molecule has 0 saturated carbocycles. The largest absolute Gasteiger partial charge is 0.479 e. The number of ether oxygens (including phenoxy) is 1. The minimum absolute atomic E-state index is 0.107. The molecule has 12 nitrogen and oxygen atoms in total. The van der Waals surface area contributed by atoms with Gasteiger partial charge in [0.05, 0.1) is 0 Å². The molecule has 4 rings (SSSR count). The van der Waals surface area contributed by atoms with Crippen LogP contribution in [0.4, 0.5) is 0 Å². The lowest BCUT2D eigenvalue weighted by Crippen LogP contribution is -2.39. The van der Waals surface area contributed by atoms with E-state index >= 15 is 0 Å². The van der Waals surface area contributed by atoms with Crippen LogP contribution in [0, 0.1) is 5.92 Å². The third-order valence-electron chi connectivity index (χ3n) is 6.90. The molecule has 4 aromatic rings. The van der Waals surface area contributed by atoms with Crippen LogP contribution in [0.2, 0.25) is 5.02 Å². The number of nitrogens with two attached hydrogens (primary N) is 1. The zero-order valence-electron chi connectivity index (χ0n) is 23.6. The number of carboxylic acid groups (broad SMARTS) is 1. The third-order valence-corrected chi connectivity index (χ3v) is 7.14. The molecule has 1 heterocycles. The molecule has 228 valence electrons. The number of aliphatic carboxylic acids is 1. The Hall–Kier alpha value is -4.07. The zero-order valence-corrected chi connectivity index (χ0v) is 24.4. The van der Waals surface area contributed by atoms with Gasteiger partial charge >= 0.3 is 11.9 Å². The predicted octanol–water partition coefficient (Wildman–Crippen LogP) is 2.69. The Morgan fingerprint density at radius 3 is 2.47 bits per heavy atom. The predicted molar refractivity (Wildman–Crippen MR) is 159 cm³/mol. The van der Waals surface area contributed by atoms with E-state index in [1.807, 2.05) is 42.5 Å². The van der Waals surface area contributed by atoms with Crippen LogP contribution >= 0.6 is 11.6 Å². The molecule has 0 radical (unpaired) electrons. The van der Waals surface area contributed by atoms with Gasteiger partial charge in [-0.05, 0) is 70.5 Å². The number of aromatic nitrogens is 3. The van der Waals surface area contributed by atoms with Gasteiger partial charge in [-0.1, -0.05) is 72.8 Å². The molecule has 0 bridgehead atoms. The highest BCUT2D eigenvalue weighted by Crippen LogP contribution is 2.24. The van der Waals surface area contributed by atoms with Crippen molar-refractivity contribution < 1.29 is 34.5 Å². The fourth-order valence-corrected chi connectivity index (χ4v) is 4.56. The van der Waals surface area contributed by atoms with Crippen molar-refractivity contribution in [3.8, 4) is 11.1 Å². The maximum Gasteiger partial charge on any atom is 0.332 e. The van der Waals surface area contributed by atoms with E-state index < -0.39 is 43.1 Å². The summed E-state index contributed by atoms with van der Waals surface area (Å²) < 4.78 is 5.05. The van der Waals surface area contributed by atoms with E-state index in [-0.39, 0.29) is 12.3 Å². The van der Waals surface area contributed by atoms with Crippen LogP contribution in [-0.4, -0.2) is 67.4 Å². The van der Waals surface area contributed by atoms with E-state index in [9.17, 15) is 24.9 Å². The van der Waals surface area contributed by atoms with Crippen molar-refractivity contribution in [2.24, 2.45) is 11.7 Å². The average Bonchev–Trinajstić information content (AvgIpc) is 3.39. The molecule has 0 saturated heterocycles. The molecule has 0 amide bonds. The molecule has 13 heteroatoms. The van der Waals surface area contributed by atoms with E-state index in [4.69, 9.17) is 26.9 Å². The zero-order chi connectivity index (χ0) is 31.1. The molecule has 4 atom stereocenters. The molecule has 43 heavy (non-hydrogen) atoms. The molecule has 0 aliphatic heterocycles. The van der Waals surface area contributed by atoms with Crippen LogP contribution in [0.3, 0.4) is 0 Å². The highest BCUT2D eigenvalue weighted by Gasteiger charge is 2.24. The summed E-state index contributed by atoms with van der Waals surface area (Å²) in [6, 6.07) is 18.6. The molecular weight excluding hydrogens is 578 g/mol. The third kappa shape index (κ3) is 8.49. The Bertz CT molecular complexity index is 1550. The molecule has 3 aromatic carbocycles. The number of halogens is 1. The number of aliphatic hydroxyl groups excluding tert-OH is 2. The number of nitrogens with one attached hydrogen (secondary N) is 1. The Labute approximate surface area is 252 Å². The number of nitrogens with zero attached hydrogens (tertiary/aromatic N) is 3. The summed E-state index contributed by atoms with van der Waals surface area (Å²) in [5.41, 5.74) is 9.81. The summed E-state index contributed by atoms with van der Waals surface area (Å²) in [6.45, 7) is 3.14. The number of aliphatic hydroxyl groups is 2. The van der Waals surface area contributed by atoms with Crippen LogP contribution in [0.25, 0.3) is 22.2 Å². The Kier molecular flexibility index (Phi) is 10.7. The first-order valence-electron chi connectivity index (χ1n) is 13.6. The molecule has 4 unspecified atom stereocenters. The molecule has 0 spiro atoms. The van der Waals surface area contributed by atoms with Gasteiger partial charge in [0, 0.05) is 11.1 Å². The number of carbonyl (C=O) groups excluding carboxylic acids is 1. The highest BCUT2D eigenvalue weighted by molar-refractivity contribution is 6.30. The normalized spacial score (nSPS) is 14.3. The fraction of sp³-hybridized carbons (Fsp3) is 0.333. The summed E-state index contributed by atoms with van der Waals surface area (Å²) in [6.07, 6.45) is -2.71. The lowest BCUT2D eigenvalue weighted by Gasteiger charge is -2.24. The minimum Gasteiger partial charge on any atom is -0.479 e. The Morgan fingerprint density at radius 1 is 1.05 bits per heavy atom. The minimum atomic E-state index is -1.64. The standard InChI is InChI=1S/C30H34ClN5O7/c1-17(2)27(32)30(41)42-16-43-36-25-14-21(10-11-24(25)34-35-36)28(38)33-23(15-26(37)29(39)40)12-18-6-8-19(9-7-18)20-4-3-5-22(31)13-20/h3-11,13-14,17,23,26-28,33,37-38H,12,15-16,32H2,1-2H3,(H,39,40). The van der Waals surface area contributed by atoms with Crippen LogP contribution in [0.5, 0.6) is 0 Å². The number of hydrogen-bond acceptors (Lipinski definition) is 10. The topological polar surface area (TPSA) is 182 Å². The smallest absolute Gasteiger partial charge is 0.332 e. The van der Waals surface area contributed by atoms with Gasteiger partial charge in [0.2, 0.25) is 0 Å². The maximum absolute atomic E-state index is 12.0. The van der Waals surface area contributed by atoms with Crippen LogP contribution < -0.4 is 15.9 Å². The SMILES string of the molecule is CC(C)C(N)C(=O)OCOn1nnc2ccc(C(O)NC(Cc3ccc(-c4cccc(Cl)c4)cc3)CC(O)C(=O)O)cc21. The van der Waals surface area contributed by atoms with E-state index in [1.165, 1.54) is 0 Å². The second kappa shape index (κ2) is 14.4. The van der Waals surface area contributed by atoms with E-state index in [0.29, 0.717) is 28.0 Å². The van der Waals surface area contributed by atoms with Crippen LogP contribution in [-0.2, 0) is 20.7 Å². The highest BCUT2D eigenvalue weighted by atomic mass is 35.5. The van der Waals surface area contributed by atoms with Crippen molar-refractivity contribution in [3.05, 3.63) is 82.9 Å². The number of fused-ring (bicyclic) bond motifs is 1. The van der Waals surface area contributed by atoms with E-state index in [1.54, 1.807) is 38.1 Å². The first-order valence-corrected chi connectivity index (χ1v) is 14.0. The summed E-state index contributed by atoms with van der Waals surface area (Å²) in [5.74, 6) is -2.08.